The molecule has 2 unspecified atom stereocenters. The Hall–Kier alpha value is -2.22. The number of carbonyl (C=O) groups excluding carboxylic acids is 3. The number of hydrogen-bond acceptors (Lipinski definition) is 6. The minimum absolute atomic E-state index is 0.0111. The monoisotopic (exact) mass is 380 g/mol. The van der Waals surface area contributed by atoms with Crippen LogP contribution in [0.5, 0.6) is 11.5 Å². The van der Waals surface area contributed by atoms with Crippen molar-refractivity contribution in [3.05, 3.63) is 23.8 Å². The van der Waals surface area contributed by atoms with Crippen LogP contribution >= 0.6 is 11.8 Å². The van der Waals surface area contributed by atoms with Crippen LogP contribution in [0.1, 0.15) is 37.0 Å². The molecule has 2 rings (SSSR count). The molecule has 0 aliphatic carbocycles. The molecule has 0 bridgehead atoms. The molecule has 1 heterocycles. The highest BCUT2D eigenvalue weighted by atomic mass is 32.2. The van der Waals surface area contributed by atoms with Crippen molar-refractivity contribution in [2.45, 2.75) is 38.8 Å². The number of rotatable bonds is 5. The first-order valence-corrected chi connectivity index (χ1v) is 9.52. The Kier molecular flexibility index (Phi) is 6.52. The van der Waals surface area contributed by atoms with Gasteiger partial charge in [0.15, 0.2) is 11.5 Å². The van der Waals surface area contributed by atoms with Crippen molar-refractivity contribution < 1.29 is 24.6 Å². The molecule has 26 heavy (non-hydrogen) atoms. The Morgan fingerprint density at radius 1 is 1.31 bits per heavy atom. The number of carbonyl (C=O) groups is 3. The molecule has 1 aromatic carbocycles. The molecule has 2 N–H and O–H groups in total. The summed E-state index contributed by atoms with van der Waals surface area (Å²) in [4.78, 5) is 40.5. The predicted octanol–water partition coefficient (Wildman–Crippen LogP) is 1.83. The van der Waals surface area contributed by atoms with Crippen molar-refractivity contribution in [3.63, 3.8) is 0 Å². The fraction of sp³-hybridized carbons (Fsp3) is 0.500. The summed E-state index contributed by atoms with van der Waals surface area (Å²) in [6, 6.07) is 2.57. The van der Waals surface area contributed by atoms with Gasteiger partial charge in [-0.15, -0.1) is 0 Å². The smallest absolute Gasteiger partial charge is 0.254 e. The zero-order valence-electron chi connectivity index (χ0n) is 15.1. The van der Waals surface area contributed by atoms with Gasteiger partial charge in [0, 0.05) is 19.2 Å². The van der Waals surface area contributed by atoms with Gasteiger partial charge in [-0.25, -0.2) is 0 Å². The molecular formula is C18H24N2O5S. The van der Waals surface area contributed by atoms with E-state index in [1.54, 1.807) is 11.8 Å². The number of thioether (sulfide) groups is 1. The Morgan fingerprint density at radius 3 is 2.62 bits per heavy atom. The van der Waals surface area contributed by atoms with Crippen molar-refractivity contribution in [2.24, 2.45) is 0 Å². The minimum Gasteiger partial charge on any atom is -0.504 e. The highest BCUT2D eigenvalue weighted by Crippen LogP contribution is 2.27. The third kappa shape index (κ3) is 4.12. The second kappa shape index (κ2) is 8.44. The van der Waals surface area contributed by atoms with Crippen molar-refractivity contribution >= 4 is 28.7 Å². The lowest BCUT2D eigenvalue weighted by Gasteiger charge is -2.31. The van der Waals surface area contributed by atoms with Crippen LogP contribution in [0.25, 0.3) is 0 Å². The lowest BCUT2D eigenvalue weighted by Crippen LogP contribution is -2.50. The molecule has 142 valence electrons. The van der Waals surface area contributed by atoms with Crippen molar-refractivity contribution in [2.75, 3.05) is 19.3 Å². The number of phenolic OH excluding ortho intramolecular Hbond substituents is 2. The van der Waals surface area contributed by atoms with Gasteiger partial charge >= 0.3 is 0 Å². The van der Waals surface area contributed by atoms with E-state index in [4.69, 9.17) is 0 Å². The van der Waals surface area contributed by atoms with Crippen LogP contribution in [0, 0.1) is 0 Å². The van der Waals surface area contributed by atoms with Gasteiger partial charge in [0.05, 0.1) is 0 Å². The van der Waals surface area contributed by atoms with Gasteiger partial charge in [-0.3, -0.25) is 14.4 Å². The number of nitrogens with zero attached hydrogens (tertiary/aromatic N) is 2. The summed E-state index contributed by atoms with van der Waals surface area (Å²) in [6.45, 7) is 4.02. The van der Waals surface area contributed by atoms with Crippen LogP contribution in [-0.2, 0) is 9.59 Å². The maximum Gasteiger partial charge on any atom is 0.254 e. The Balaban J connectivity index is 2.12. The van der Waals surface area contributed by atoms with Gasteiger partial charge in [0.25, 0.3) is 5.91 Å². The molecule has 1 saturated heterocycles. The fourth-order valence-electron chi connectivity index (χ4n) is 2.96. The molecule has 0 aromatic heterocycles. The van der Waals surface area contributed by atoms with E-state index in [0.29, 0.717) is 18.7 Å². The molecule has 2 atom stereocenters. The van der Waals surface area contributed by atoms with Crippen molar-refractivity contribution in [3.8, 4) is 11.5 Å². The van der Waals surface area contributed by atoms with E-state index >= 15 is 0 Å². The summed E-state index contributed by atoms with van der Waals surface area (Å²) in [5, 5.41) is 18.9. The number of likely N-dealkylation sites (N-methyl/N-ethyl adjacent to an activating group) is 1. The number of phenols is 2. The van der Waals surface area contributed by atoms with Crippen LogP contribution in [0.3, 0.4) is 0 Å². The topological polar surface area (TPSA) is 98.2 Å². The summed E-state index contributed by atoms with van der Waals surface area (Å²) in [5.41, 5.74) is 0.165. The number of benzene rings is 1. The van der Waals surface area contributed by atoms with Crippen LogP contribution in [0.15, 0.2) is 18.2 Å². The average molecular weight is 380 g/mol. The quantitative estimate of drug-likeness (QED) is 0.757. The summed E-state index contributed by atoms with van der Waals surface area (Å²) < 4.78 is 0. The number of hydrogen-bond donors (Lipinski definition) is 2. The van der Waals surface area contributed by atoms with Gasteiger partial charge < -0.3 is 20.0 Å². The Bertz CT molecular complexity index is 709. The van der Waals surface area contributed by atoms with E-state index in [1.165, 1.54) is 35.8 Å². The third-order valence-corrected chi connectivity index (χ3v) is 5.42. The van der Waals surface area contributed by atoms with E-state index in [1.807, 2.05) is 6.92 Å². The van der Waals surface area contributed by atoms with Crippen LogP contribution in [0.4, 0.5) is 0 Å². The maximum atomic E-state index is 12.8. The minimum atomic E-state index is -0.751. The third-order valence-electron chi connectivity index (χ3n) is 4.58. The standard InChI is InChI=1S/C18H24N2O5S/c1-4-26-18(25)13-6-5-9-20(13)16(23)11(2)19(3)17(24)12-7-8-14(21)15(22)10-12/h7-8,10-11,13,21-22H,4-6,9H2,1-3H3. The highest BCUT2D eigenvalue weighted by molar-refractivity contribution is 8.13. The zero-order chi connectivity index (χ0) is 19.4. The number of amides is 2. The molecule has 1 aliphatic rings. The molecule has 1 aliphatic heterocycles. The first-order valence-electron chi connectivity index (χ1n) is 8.54. The van der Waals surface area contributed by atoms with Gasteiger partial charge in [0.2, 0.25) is 11.0 Å². The van der Waals surface area contributed by atoms with Gasteiger partial charge in [0.1, 0.15) is 12.1 Å². The fourth-order valence-corrected chi connectivity index (χ4v) is 3.68. The van der Waals surface area contributed by atoms with Gasteiger partial charge in [-0.2, -0.15) is 0 Å². The molecule has 1 fully saturated rings. The van der Waals surface area contributed by atoms with E-state index in [-0.39, 0.29) is 22.3 Å². The van der Waals surface area contributed by atoms with E-state index in [0.717, 1.165) is 12.5 Å². The van der Waals surface area contributed by atoms with Crippen molar-refractivity contribution in [1.29, 1.82) is 0 Å². The molecule has 0 radical (unpaired) electrons. The number of aromatic hydroxyl groups is 2. The first kappa shape index (κ1) is 20.1. The summed E-state index contributed by atoms with van der Waals surface area (Å²) in [5.74, 6) is -0.775. The summed E-state index contributed by atoms with van der Waals surface area (Å²) in [7, 11) is 1.50. The van der Waals surface area contributed by atoms with E-state index < -0.39 is 23.7 Å². The van der Waals surface area contributed by atoms with Crippen LogP contribution in [-0.4, -0.2) is 68.4 Å². The van der Waals surface area contributed by atoms with E-state index in [2.05, 4.69) is 0 Å². The predicted molar refractivity (Wildman–Crippen MR) is 99.2 cm³/mol. The van der Waals surface area contributed by atoms with Gasteiger partial charge in [-0.05, 0) is 43.7 Å². The molecule has 0 saturated carbocycles. The van der Waals surface area contributed by atoms with Gasteiger partial charge in [-0.1, -0.05) is 18.7 Å². The SMILES string of the molecule is CCSC(=O)C1CCCN1C(=O)C(C)N(C)C(=O)c1ccc(O)c(O)c1. The van der Waals surface area contributed by atoms with E-state index in [9.17, 15) is 24.6 Å². The molecule has 7 nitrogen and oxygen atoms in total. The average Bonchev–Trinajstić information content (AvgIpc) is 3.11. The summed E-state index contributed by atoms with van der Waals surface area (Å²) >= 11 is 1.21. The lowest BCUT2D eigenvalue weighted by molar-refractivity contribution is -0.138. The molecule has 2 amide bonds. The van der Waals surface area contributed by atoms with Crippen LogP contribution in [0.2, 0.25) is 0 Å². The van der Waals surface area contributed by atoms with Crippen molar-refractivity contribution in [1.82, 2.24) is 9.80 Å². The molecule has 8 heteroatoms. The largest absolute Gasteiger partial charge is 0.504 e. The second-order valence-electron chi connectivity index (χ2n) is 6.24. The zero-order valence-corrected chi connectivity index (χ0v) is 16.0. The normalized spacial score (nSPS) is 17.8. The maximum absolute atomic E-state index is 12.8. The lowest BCUT2D eigenvalue weighted by atomic mass is 10.1. The Labute approximate surface area is 157 Å². The Morgan fingerprint density at radius 2 is 2.00 bits per heavy atom. The molecule has 0 spiro atoms. The molecular weight excluding hydrogens is 356 g/mol. The first-order chi connectivity index (χ1) is 12.3. The second-order valence-corrected chi connectivity index (χ2v) is 7.51. The summed E-state index contributed by atoms with van der Waals surface area (Å²) in [6.07, 6.45) is 1.41. The van der Waals surface area contributed by atoms with Crippen LogP contribution < -0.4 is 0 Å². The molecule has 1 aromatic rings. The number of likely N-dealkylation sites (tertiary alicyclic amines) is 1. The highest BCUT2D eigenvalue weighted by Gasteiger charge is 2.37.